The SMILES string of the molecule is COCC1O[C@H](O)C(O)[C@@H](O)C1O. The minimum atomic E-state index is -1.49. The minimum Gasteiger partial charge on any atom is -0.387 e. The molecule has 4 N–H and O–H groups in total. The molecule has 1 rings (SSSR count). The molecule has 1 heterocycles. The molecule has 0 amide bonds. The fourth-order valence-corrected chi connectivity index (χ4v) is 1.23. The Bertz CT molecular complexity index is 163. The van der Waals surface area contributed by atoms with E-state index in [0.29, 0.717) is 0 Å². The van der Waals surface area contributed by atoms with Crippen LogP contribution in [0.15, 0.2) is 0 Å². The lowest BCUT2D eigenvalue weighted by atomic mass is 9.99. The summed E-state index contributed by atoms with van der Waals surface area (Å²) in [6, 6.07) is 0. The van der Waals surface area contributed by atoms with E-state index in [0.717, 1.165) is 0 Å². The van der Waals surface area contributed by atoms with Crippen molar-refractivity contribution in [3.63, 3.8) is 0 Å². The zero-order valence-corrected chi connectivity index (χ0v) is 7.20. The first-order valence-electron chi connectivity index (χ1n) is 3.94. The van der Waals surface area contributed by atoms with Gasteiger partial charge in [0, 0.05) is 7.11 Å². The van der Waals surface area contributed by atoms with Gasteiger partial charge in [0.15, 0.2) is 6.29 Å². The largest absolute Gasteiger partial charge is 0.387 e. The lowest BCUT2D eigenvalue weighted by molar-refractivity contribution is -0.287. The van der Waals surface area contributed by atoms with Crippen LogP contribution in [0.4, 0.5) is 0 Å². The number of hydrogen-bond donors (Lipinski definition) is 4. The molecule has 13 heavy (non-hydrogen) atoms. The van der Waals surface area contributed by atoms with Crippen molar-refractivity contribution in [1.29, 1.82) is 0 Å². The highest BCUT2D eigenvalue weighted by Gasteiger charge is 2.42. The number of rotatable bonds is 2. The third-order valence-corrected chi connectivity index (χ3v) is 2.02. The van der Waals surface area contributed by atoms with E-state index < -0.39 is 30.7 Å². The molecular weight excluding hydrogens is 180 g/mol. The van der Waals surface area contributed by atoms with Gasteiger partial charge >= 0.3 is 0 Å². The number of aliphatic hydroxyl groups excluding tert-OH is 4. The van der Waals surface area contributed by atoms with Crippen LogP contribution in [-0.2, 0) is 9.47 Å². The van der Waals surface area contributed by atoms with Gasteiger partial charge in [-0.25, -0.2) is 0 Å². The molecular formula is C7H14O6. The fraction of sp³-hybridized carbons (Fsp3) is 1.00. The maximum Gasteiger partial charge on any atom is 0.184 e. The molecule has 1 fully saturated rings. The Kier molecular flexibility index (Phi) is 3.60. The van der Waals surface area contributed by atoms with E-state index in [1.165, 1.54) is 7.11 Å². The van der Waals surface area contributed by atoms with Crippen LogP contribution >= 0.6 is 0 Å². The van der Waals surface area contributed by atoms with E-state index in [-0.39, 0.29) is 6.61 Å². The summed E-state index contributed by atoms with van der Waals surface area (Å²) in [5, 5.41) is 36.7. The van der Waals surface area contributed by atoms with Crippen LogP contribution in [0.1, 0.15) is 0 Å². The molecule has 0 saturated carbocycles. The number of hydrogen-bond acceptors (Lipinski definition) is 6. The molecule has 0 radical (unpaired) electrons. The van der Waals surface area contributed by atoms with Gasteiger partial charge in [0.05, 0.1) is 6.61 Å². The first-order chi connectivity index (χ1) is 6.07. The van der Waals surface area contributed by atoms with Crippen LogP contribution in [0.3, 0.4) is 0 Å². The van der Waals surface area contributed by atoms with E-state index in [1.54, 1.807) is 0 Å². The minimum absolute atomic E-state index is 0.0437. The molecule has 1 aliphatic rings. The van der Waals surface area contributed by atoms with Crippen molar-refractivity contribution in [2.75, 3.05) is 13.7 Å². The molecule has 0 aliphatic carbocycles. The van der Waals surface area contributed by atoms with E-state index >= 15 is 0 Å². The van der Waals surface area contributed by atoms with Crippen LogP contribution in [0.2, 0.25) is 0 Å². The first kappa shape index (κ1) is 10.8. The lowest BCUT2D eigenvalue weighted by Gasteiger charge is -2.37. The number of methoxy groups -OCH3 is 1. The van der Waals surface area contributed by atoms with Crippen molar-refractivity contribution in [3.8, 4) is 0 Å². The smallest absolute Gasteiger partial charge is 0.184 e. The summed E-state index contributed by atoms with van der Waals surface area (Å²) >= 11 is 0. The lowest BCUT2D eigenvalue weighted by Crippen LogP contribution is -2.58. The Hall–Kier alpha value is -0.240. The van der Waals surface area contributed by atoms with Crippen LogP contribution in [-0.4, -0.2) is 64.8 Å². The molecule has 6 nitrogen and oxygen atoms in total. The Labute approximate surface area is 75.3 Å². The Morgan fingerprint density at radius 1 is 1.08 bits per heavy atom. The predicted molar refractivity (Wildman–Crippen MR) is 40.8 cm³/mol. The zero-order chi connectivity index (χ0) is 10.0. The number of ether oxygens (including phenoxy) is 2. The molecule has 1 saturated heterocycles. The van der Waals surface area contributed by atoms with Gasteiger partial charge in [-0.05, 0) is 0 Å². The quantitative estimate of drug-likeness (QED) is 0.386. The van der Waals surface area contributed by atoms with Crippen molar-refractivity contribution in [1.82, 2.24) is 0 Å². The van der Waals surface area contributed by atoms with E-state index in [9.17, 15) is 10.2 Å². The second-order valence-electron chi connectivity index (χ2n) is 2.99. The van der Waals surface area contributed by atoms with Gasteiger partial charge in [0.1, 0.15) is 24.4 Å². The topological polar surface area (TPSA) is 99.4 Å². The summed E-state index contributed by atoms with van der Waals surface area (Å²) in [5.74, 6) is 0. The molecule has 6 heteroatoms. The van der Waals surface area contributed by atoms with Crippen molar-refractivity contribution >= 4 is 0 Å². The highest BCUT2D eigenvalue weighted by molar-refractivity contribution is 4.88. The molecule has 78 valence electrons. The Morgan fingerprint density at radius 3 is 2.23 bits per heavy atom. The summed E-state index contributed by atoms with van der Waals surface area (Å²) in [7, 11) is 1.40. The highest BCUT2D eigenvalue weighted by Crippen LogP contribution is 2.19. The van der Waals surface area contributed by atoms with Crippen LogP contribution < -0.4 is 0 Å². The van der Waals surface area contributed by atoms with Gasteiger partial charge in [-0.3, -0.25) is 0 Å². The van der Waals surface area contributed by atoms with Crippen molar-refractivity contribution in [2.45, 2.75) is 30.7 Å². The second kappa shape index (κ2) is 4.32. The maximum atomic E-state index is 9.33. The predicted octanol–water partition coefficient (Wildman–Crippen LogP) is -2.57. The van der Waals surface area contributed by atoms with E-state index in [2.05, 4.69) is 0 Å². The summed E-state index contributed by atoms with van der Waals surface area (Å²) in [5.41, 5.74) is 0. The standard InChI is InChI=1S/C7H14O6/c1-12-2-3-4(8)5(9)6(10)7(11)13-3/h3-11H,2H2,1H3/t3?,4?,5-,6?,7-/m0/s1. The maximum absolute atomic E-state index is 9.33. The van der Waals surface area contributed by atoms with Crippen LogP contribution in [0.25, 0.3) is 0 Å². The van der Waals surface area contributed by atoms with Crippen LogP contribution in [0.5, 0.6) is 0 Å². The summed E-state index contributed by atoms with van der Waals surface area (Å²) in [4.78, 5) is 0. The average molecular weight is 194 g/mol. The zero-order valence-electron chi connectivity index (χ0n) is 7.20. The van der Waals surface area contributed by atoms with E-state index in [4.69, 9.17) is 19.7 Å². The highest BCUT2D eigenvalue weighted by atomic mass is 16.6. The molecule has 1 aliphatic heterocycles. The molecule has 5 atom stereocenters. The van der Waals surface area contributed by atoms with Gasteiger partial charge in [-0.1, -0.05) is 0 Å². The molecule has 3 unspecified atom stereocenters. The van der Waals surface area contributed by atoms with Crippen LogP contribution in [0, 0.1) is 0 Å². The third kappa shape index (κ3) is 2.16. The molecule has 0 aromatic heterocycles. The number of aliphatic hydroxyl groups is 4. The monoisotopic (exact) mass is 194 g/mol. The molecule has 0 bridgehead atoms. The summed E-state index contributed by atoms with van der Waals surface area (Å²) < 4.78 is 9.49. The van der Waals surface area contributed by atoms with Gasteiger partial charge in [-0.15, -0.1) is 0 Å². The summed E-state index contributed by atoms with van der Waals surface area (Å²) in [6.07, 6.45) is -6.46. The normalized spacial score (nSPS) is 46.4. The van der Waals surface area contributed by atoms with Crippen molar-refractivity contribution < 1.29 is 29.9 Å². The molecule has 0 spiro atoms. The van der Waals surface area contributed by atoms with Crippen molar-refractivity contribution in [3.05, 3.63) is 0 Å². The Morgan fingerprint density at radius 2 is 1.69 bits per heavy atom. The second-order valence-corrected chi connectivity index (χ2v) is 2.99. The van der Waals surface area contributed by atoms with Crippen molar-refractivity contribution in [2.24, 2.45) is 0 Å². The first-order valence-corrected chi connectivity index (χ1v) is 3.94. The van der Waals surface area contributed by atoms with Gasteiger partial charge < -0.3 is 29.9 Å². The van der Waals surface area contributed by atoms with Gasteiger partial charge in [0.25, 0.3) is 0 Å². The summed E-state index contributed by atoms with van der Waals surface area (Å²) in [6.45, 7) is 0.0437. The average Bonchev–Trinajstić information content (AvgIpc) is 2.11. The molecule has 0 aromatic carbocycles. The Balaban J connectivity index is 2.59. The third-order valence-electron chi connectivity index (χ3n) is 2.02. The van der Waals surface area contributed by atoms with E-state index in [1.807, 2.05) is 0 Å². The fourth-order valence-electron chi connectivity index (χ4n) is 1.23. The molecule has 0 aromatic rings. The van der Waals surface area contributed by atoms with Gasteiger partial charge in [0.2, 0.25) is 0 Å². The van der Waals surface area contributed by atoms with Gasteiger partial charge in [-0.2, -0.15) is 0 Å².